The largest absolute Gasteiger partial charge is 0.270 e. The highest BCUT2D eigenvalue weighted by molar-refractivity contribution is 7.98. The third kappa shape index (κ3) is 3.96. The number of hydrogen-bond donors (Lipinski definition) is 0. The first kappa shape index (κ1) is 19.8. The zero-order valence-corrected chi connectivity index (χ0v) is 17.9. The summed E-state index contributed by atoms with van der Waals surface area (Å²) in [6, 6.07) is 21.4. The summed E-state index contributed by atoms with van der Waals surface area (Å²) in [5.41, 5.74) is 2.09. The van der Waals surface area contributed by atoms with Gasteiger partial charge in [-0.3, -0.25) is 0 Å². The summed E-state index contributed by atoms with van der Waals surface area (Å²) in [6.07, 6.45) is 5.60. The van der Waals surface area contributed by atoms with Crippen molar-refractivity contribution in [3.8, 4) is 0 Å². The maximum absolute atomic E-state index is 13.4. The molecule has 0 saturated carbocycles. The van der Waals surface area contributed by atoms with Crippen LogP contribution >= 0.6 is 23.4 Å². The lowest BCUT2D eigenvalue weighted by molar-refractivity contribution is 0.588. The SMILES string of the molecule is CSc1ccc(C=Cc2nc3ccccc3n2S(=O)(=O)c2cccc(Cl)c2)cc1. The van der Waals surface area contributed by atoms with Crippen LogP contribution in [-0.2, 0) is 10.0 Å². The molecule has 0 aliphatic heterocycles. The Bertz CT molecular complexity index is 1310. The second-order valence-corrected chi connectivity index (χ2v) is 9.39. The van der Waals surface area contributed by atoms with Crippen molar-refractivity contribution in [3.63, 3.8) is 0 Å². The molecule has 0 N–H and O–H groups in total. The molecule has 29 heavy (non-hydrogen) atoms. The number of para-hydroxylation sites is 2. The Balaban J connectivity index is 1.86. The number of halogens is 1. The van der Waals surface area contributed by atoms with Gasteiger partial charge in [0.15, 0.2) is 0 Å². The normalized spacial score (nSPS) is 12.1. The van der Waals surface area contributed by atoms with E-state index in [0.717, 1.165) is 10.5 Å². The van der Waals surface area contributed by atoms with Gasteiger partial charge in [-0.2, -0.15) is 0 Å². The van der Waals surface area contributed by atoms with Crippen LogP contribution in [0.3, 0.4) is 0 Å². The number of benzene rings is 3. The summed E-state index contributed by atoms with van der Waals surface area (Å²) in [5, 5.41) is 0.362. The fraction of sp³-hybridized carbons (Fsp3) is 0.0455. The van der Waals surface area contributed by atoms with Gasteiger partial charge in [-0.05, 0) is 60.4 Å². The Morgan fingerprint density at radius 3 is 2.45 bits per heavy atom. The minimum Gasteiger partial charge on any atom is -0.228 e. The maximum atomic E-state index is 13.4. The highest BCUT2D eigenvalue weighted by Crippen LogP contribution is 2.26. The van der Waals surface area contributed by atoms with E-state index in [1.807, 2.05) is 42.7 Å². The Morgan fingerprint density at radius 1 is 0.966 bits per heavy atom. The molecule has 4 nitrogen and oxygen atoms in total. The topological polar surface area (TPSA) is 52.0 Å². The number of aromatic nitrogens is 2. The first-order valence-electron chi connectivity index (χ1n) is 8.80. The molecule has 146 valence electrons. The molecule has 1 aromatic heterocycles. The fourth-order valence-electron chi connectivity index (χ4n) is 3.00. The van der Waals surface area contributed by atoms with Crippen LogP contribution in [0.1, 0.15) is 11.4 Å². The highest BCUT2D eigenvalue weighted by Gasteiger charge is 2.23. The van der Waals surface area contributed by atoms with Gasteiger partial charge in [-0.25, -0.2) is 17.4 Å². The molecule has 0 bridgehead atoms. The van der Waals surface area contributed by atoms with E-state index in [4.69, 9.17) is 11.6 Å². The monoisotopic (exact) mass is 440 g/mol. The smallest absolute Gasteiger partial charge is 0.228 e. The molecular formula is C22H17ClN2O2S2. The third-order valence-corrected chi connectivity index (χ3v) is 7.11. The Morgan fingerprint density at radius 2 is 1.72 bits per heavy atom. The van der Waals surface area contributed by atoms with Gasteiger partial charge in [-0.15, -0.1) is 11.8 Å². The standard InChI is InChI=1S/C22H17ClN2O2S2/c1-28-18-12-9-16(10-13-18)11-14-22-24-20-7-2-3-8-21(20)25(22)29(26,27)19-6-4-5-17(23)15-19/h2-15H,1H3. The third-order valence-electron chi connectivity index (χ3n) is 4.42. The van der Waals surface area contributed by atoms with Crippen LogP contribution in [0.2, 0.25) is 5.02 Å². The van der Waals surface area contributed by atoms with E-state index in [1.54, 1.807) is 48.2 Å². The van der Waals surface area contributed by atoms with E-state index in [1.165, 1.54) is 16.1 Å². The van der Waals surface area contributed by atoms with E-state index in [2.05, 4.69) is 4.98 Å². The van der Waals surface area contributed by atoms with Crippen molar-refractivity contribution in [2.75, 3.05) is 6.26 Å². The number of imidazole rings is 1. The van der Waals surface area contributed by atoms with Gasteiger partial charge in [-0.1, -0.05) is 48.0 Å². The quantitative estimate of drug-likeness (QED) is 0.367. The van der Waals surface area contributed by atoms with Gasteiger partial charge in [0.2, 0.25) is 0 Å². The molecule has 0 spiro atoms. The Hall–Kier alpha value is -2.54. The maximum Gasteiger partial charge on any atom is 0.270 e. The number of rotatable bonds is 5. The molecular weight excluding hydrogens is 424 g/mol. The van der Waals surface area contributed by atoms with Gasteiger partial charge >= 0.3 is 0 Å². The summed E-state index contributed by atoms with van der Waals surface area (Å²) in [7, 11) is -3.88. The first-order valence-corrected chi connectivity index (χ1v) is 11.8. The van der Waals surface area contributed by atoms with Crippen molar-refractivity contribution in [1.29, 1.82) is 0 Å². The van der Waals surface area contributed by atoms with Crippen molar-refractivity contribution in [2.45, 2.75) is 9.79 Å². The van der Waals surface area contributed by atoms with E-state index >= 15 is 0 Å². The second-order valence-electron chi connectivity index (χ2n) is 6.29. The first-order chi connectivity index (χ1) is 14.0. The predicted octanol–water partition coefficient (Wildman–Crippen LogP) is 5.82. The summed E-state index contributed by atoms with van der Waals surface area (Å²) in [4.78, 5) is 5.82. The van der Waals surface area contributed by atoms with Crippen molar-refractivity contribution >= 4 is 56.6 Å². The summed E-state index contributed by atoms with van der Waals surface area (Å²) >= 11 is 7.70. The highest BCUT2D eigenvalue weighted by atomic mass is 35.5. The van der Waals surface area contributed by atoms with Crippen LogP contribution in [0, 0.1) is 0 Å². The molecule has 0 aliphatic rings. The van der Waals surface area contributed by atoms with Crippen LogP contribution in [0.15, 0.2) is 82.6 Å². The molecule has 3 aromatic carbocycles. The minimum atomic E-state index is -3.88. The number of nitrogens with zero attached hydrogens (tertiary/aromatic N) is 2. The van der Waals surface area contributed by atoms with E-state index in [-0.39, 0.29) is 4.90 Å². The van der Waals surface area contributed by atoms with Gasteiger partial charge in [0.25, 0.3) is 10.0 Å². The average molecular weight is 441 g/mol. The molecule has 0 aliphatic carbocycles. The molecule has 0 unspecified atom stereocenters. The predicted molar refractivity (Wildman–Crippen MR) is 121 cm³/mol. The lowest BCUT2D eigenvalue weighted by Crippen LogP contribution is -2.14. The van der Waals surface area contributed by atoms with Crippen molar-refractivity contribution in [2.24, 2.45) is 0 Å². The van der Waals surface area contributed by atoms with Gasteiger partial charge in [0.05, 0.1) is 15.9 Å². The van der Waals surface area contributed by atoms with E-state index < -0.39 is 10.0 Å². The number of fused-ring (bicyclic) bond motifs is 1. The number of hydrogen-bond acceptors (Lipinski definition) is 4. The summed E-state index contributed by atoms with van der Waals surface area (Å²) in [5.74, 6) is 0.333. The molecule has 0 fully saturated rings. The van der Waals surface area contributed by atoms with Crippen LogP contribution in [-0.4, -0.2) is 23.6 Å². The molecule has 0 atom stereocenters. The molecule has 7 heteroatoms. The van der Waals surface area contributed by atoms with Gasteiger partial charge < -0.3 is 0 Å². The summed E-state index contributed by atoms with van der Waals surface area (Å²) < 4.78 is 28.1. The van der Waals surface area contributed by atoms with Crippen LogP contribution in [0.5, 0.6) is 0 Å². The molecule has 0 radical (unpaired) electrons. The van der Waals surface area contributed by atoms with Crippen molar-refractivity contribution < 1.29 is 8.42 Å². The van der Waals surface area contributed by atoms with E-state index in [9.17, 15) is 8.42 Å². The molecule has 0 saturated heterocycles. The lowest BCUT2D eigenvalue weighted by atomic mass is 10.2. The van der Waals surface area contributed by atoms with Crippen molar-refractivity contribution in [1.82, 2.24) is 8.96 Å². The lowest BCUT2D eigenvalue weighted by Gasteiger charge is -2.09. The molecule has 0 amide bonds. The number of thioether (sulfide) groups is 1. The molecule has 1 heterocycles. The van der Waals surface area contributed by atoms with Crippen LogP contribution in [0.4, 0.5) is 0 Å². The minimum absolute atomic E-state index is 0.118. The van der Waals surface area contributed by atoms with Gasteiger partial charge in [0.1, 0.15) is 5.82 Å². The van der Waals surface area contributed by atoms with Gasteiger partial charge in [0, 0.05) is 9.92 Å². The van der Waals surface area contributed by atoms with Crippen LogP contribution < -0.4 is 0 Å². The Labute approximate surface area is 178 Å². The fourth-order valence-corrected chi connectivity index (χ4v) is 5.16. The zero-order chi connectivity index (χ0) is 20.4. The Kier molecular flexibility index (Phi) is 5.50. The van der Waals surface area contributed by atoms with Crippen LogP contribution in [0.25, 0.3) is 23.2 Å². The van der Waals surface area contributed by atoms with Crippen molar-refractivity contribution in [3.05, 3.63) is 89.2 Å². The van der Waals surface area contributed by atoms with E-state index in [0.29, 0.717) is 21.9 Å². The summed E-state index contributed by atoms with van der Waals surface area (Å²) in [6.45, 7) is 0. The molecule has 4 rings (SSSR count). The zero-order valence-electron chi connectivity index (χ0n) is 15.5. The molecule has 4 aromatic rings. The second kappa shape index (κ2) is 8.06. The average Bonchev–Trinajstić information content (AvgIpc) is 3.12.